The van der Waals surface area contributed by atoms with E-state index in [1.807, 2.05) is 0 Å². The quantitative estimate of drug-likeness (QED) is 0.153. The van der Waals surface area contributed by atoms with E-state index in [0.717, 1.165) is 0 Å². The van der Waals surface area contributed by atoms with Crippen LogP contribution in [-0.4, -0.2) is 123 Å². The van der Waals surface area contributed by atoms with Crippen LogP contribution >= 0.6 is 35.3 Å². The second-order valence-corrected chi connectivity index (χ2v) is 11.8. The number of amides is 1. The third kappa shape index (κ3) is 25.6. The summed E-state index contributed by atoms with van der Waals surface area (Å²) in [5.74, 6) is 1.49. The smallest absolute Gasteiger partial charge is 0.217 e. The third-order valence-corrected chi connectivity index (χ3v) is 6.62. The van der Waals surface area contributed by atoms with E-state index >= 15 is 0 Å². The molecule has 0 saturated carbocycles. The Morgan fingerprint density at radius 2 is 0.789 bits per heavy atom. The van der Waals surface area contributed by atoms with Crippen molar-refractivity contribution in [2.75, 3.05) is 96.5 Å². The summed E-state index contributed by atoms with van der Waals surface area (Å²) < 4.78 is 33.8. The molecular weight excluding hydrogens is 558 g/mol. The molecule has 11 nitrogen and oxygen atoms in total. The Labute approximate surface area is 238 Å². The van der Waals surface area contributed by atoms with Gasteiger partial charge in [0.2, 0.25) is 5.91 Å². The van der Waals surface area contributed by atoms with Crippen LogP contribution in [0.1, 0.15) is 27.7 Å². The van der Waals surface area contributed by atoms with Crippen LogP contribution in [-0.2, 0) is 47.6 Å². The van der Waals surface area contributed by atoms with Crippen LogP contribution in [0.3, 0.4) is 0 Å². The van der Waals surface area contributed by atoms with Crippen LogP contribution in [0.15, 0.2) is 0 Å². The number of hydrogen-bond donors (Lipinski definition) is 1. The minimum Gasteiger partial charge on any atom is -0.378 e. The van der Waals surface area contributed by atoms with E-state index in [-0.39, 0.29) is 41.1 Å². The molecule has 0 aromatic carbocycles. The van der Waals surface area contributed by atoms with Gasteiger partial charge in [0.25, 0.3) is 0 Å². The van der Waals surface area contributed by atoms with Gasteiger partial charge >= 0.3 is 0 Å². The van der Waals surface area contributed by atoms with Crippen molar-refractivity contribution in [2.24, 2.45) is 0 Å². The largest absolute Gasteiger partial charge is 0.378 e. The molecule has 0 aliphatic carbocycles. The zero-order valence-corrected chi connectivity index (χ0v) is 25.4. The number of hydrogen-bond acceptors (Lipinski definition) is 13. The van der Waals surface area contributed by atoms with Gasteiger partial charge in [-0.05, 0) is 0 Å². The summed E-state index contributed by atoms with van der Waals surface area (Å²) in [6, 6.07) is 0. The minimum absolute atomic E-state index is 0.0469. The Balaban J connectivity index is 4.62. The molecule has 0 bridgehead atoms. The van der Waals surface area contributed by atoms with E-state index in [1.165, 1.54) is 63.0 Å². The van der Waals surface area contributed by atoms with Crippen molar-refractivity contribution in [1.29, 1.82) is 0 Å². The van der Waals surface area contributed by atoms with Crippen molar-refractivity contribution in [3.63, 3.8) is 0 Å². The van der Waals surface area contributed by atoms with Crippen LogP contribution in [0.5, 0.6) is 0 Å². The molecule has 38 heavy (non-hydrogen) atoms. The second-order valence-electron chi connectivity index (χ2n) is 7.98. The maximum absolute atomic E-state index is 12.0. The van der Waals surface area contributed by atoms with Crippen molar-refractivity contribution in [2.45, 2.75) is 33.2 Å². The van der Waals surface area contributed by atoms with Crippen LogP contribution in [0.25, 0.3) is 0 Å². The zero-order valence-electron chi connectivity index (χ0n) is 22.9. The molecule has 1 N–H and O–H groups in total. The molecule has 14 heteroatoms. The first kappa shape index (κ1) is 37.3. The van der Waals surface area contributed by atoms with Gasteiger partial charge in [-0.3, -0.25) is 19.2 Å². The number of nitrogens with one attached hydrogen (secondary N) is 1. The Morgan fingerprint density at radius 3 is 1.05 bits per heavy atom. The number of ether oxygens (including phenoxy) is 6. The maximum atomic E-state index is 12.0. The Kier molecular flexibility index (Phi) is 24.8. The fourth-order valence-electron chi connectivity index (χ4n) is 2.80. The molecular formula is C24H43NO10S3. The van der Waals surface area contributed by atoms with Crippen molar-refractivity contribution >= 4 is 56.5 Å². The second kappa shape index (κ2) is 25.3. The van der Waals surface area contributed by atoms with Crippen LogP contribution in [0.2, 0.25) is 0 Å². The lowest BCUT2D eigenvalue weighted by Crippen LogP contribution is -2.58. The molecule has 0 spiro atoms. The summed E-state index contributed by atoms with van der Waals surface area (Å²) in [7, 11) is 0. The maximum Gasteiger partial charge on any atom is 0.217 e. The fourth-order valence-corrected chi connectivity index (χ4v) is 4.27. The fraction of sp³-hybridized carbons (Fsp3) is 0.833. The third-order valence-electron chi connectivity index (χ3n) is 4.29. The van der Waals surface area contributed by atoms with Crippen LogP contribution in [0, 0.1) is 0 Å². The first-order valence-electron chi connectivity index (χ1n) is 12.3. The molecule has 0 saturated heterocycles. The lowest BCUT2D eigenvalue weighted by molar-refractivity contribution is -0.126. The summed E-state index contributed by atoms with van der Waals surface area (Å²) in [5.41, 5.74) is -0.939. The molecule has 1 amide bonds. The molecule has 0 heterocycles. The van der Waals surface area contributed by atoms with Gasteiger partial charge in [-0.25, -0.2) is 0 Å². The molecule has 0 aromatic heterocycles. The van der Waals surface area contributed by atoms with E-state index in [9.17, 15) is 19.2 Å². The molecule has 0 atom stereocenters. The summed E-state index contributed by atoms with van der Waals surface area (Å²) in [5, 5.41) is 3.05. The predicted molar refractivity (Wildman–Crippen MR) is 151 cm³/mol. The number of rotatable bonds is 25. The predicted octanol–water partition coefficient (Wildman–Crippen LogP) is 1.80. The minimum atomic E-state index is -0.939. The Hall–Kier alpha value is -0.710. The number of thioether (sulfide) groups is 3. The number of carbonyl (C=O) groups excluding carboxylic acids is 4. The topological polar surface area (TPSA) is 136 Å². The highest BCUT2D eigenvalue weighted by atomic mass is 32.2. The van der Waals surface area contributed by atoms with Gasteiger partial charge in [0, 0.05) is 45.0 Å². The van der Waals surface area contributed by atoms with Crippen molar-refractivity contribution in [1.82, 2.24) is 5.32 Å². The average molecular weight is 602 g/mol. The highest BCUT2D eigenvalue weighted by Crippen LogP contribution is 2.10. The number of carbonyl (C=O) groups is 4. The van der Waals surface area contributed by atoms with E-state index < -0.39 is 5.54 Å². The summed E-state index contributed by atoms with van der Waals surface area (Å²) in [6.45, 7) is 9.55. The Bertz CT molecular complexity index is 595. The first-order chi connectivity index (χ1) is 18.2. The van der Waals surface area contributed by atoms with Gasteiger partial charge in [0.1, 0.15) is 5.54 Å². The highest BCUT2D eigenvalue weighted by molar-refractivity contribution is 8.14. The van der Waals surface area contributed by atoms with E-state index in [4.69, 9.17) is 28.4 Å². The van der Waals surface area contributed by atoms with Crippen molar-refractivity contribution in [3.05, 3.63) is 0 Å². The summed E-state index contributed by atoms with van der Waals surface area (Å²) >= 11 is 3.62. The van der Waals surface area contributed by atoms with E-state index in [0.29, 0.717) is 76.7 Å². The van der Waals surface area contributed by atoms with Gasteiger partial charge < -0.3 is 33.7 Å². The van der Waals surface area contributed by atoms with Gasteiger partial charge in [0.05, 0.1) is 79.3 Å². The van der Waals surface area contributed by atoms with Crippen LogP contribution in [0.4, 0.5) is 0 Å². The molecule has 0 unspecified atom stereocenters. The zero-order chi connectivity index (χ0) is 28.5. The average Bonchev–Trinajstić information content (AvgIpc) is 2.83. The van der Waals surface area contributed by atoms with Gasteiger partial charge in [-0.1, -0.05) is 35.3 Å². The van der Waals surface area contributed by atoms with E-state index in [2.05, 4.69) is 5.32 Å². The van der Waals surface area contributed by atoms with Crippen molar-refractivity contribution < 1.29 is 47.6 Å². The lowest BCUT2D eigenvalue weighted by Gasteiger charge is -2.34. The molecule has 0 aromatic rings. The highest BCUT2D eigenvalue weighted by Gasteiger charge is 2.32. The standard InChI is InChI=1S/C24H43NO10S3/c1-20(26)25-24(17-33-8-5-30-11-14-36-21(2)27,18-34-9-6-31-12-15-37-22(3)28)19-35-10-7-32-13-16-38-23(4)29/h5-19H2,1-4H3,(H,25,26). The molecule has 0 aliphatic heterocycles. The summed E-state index contributed by atoms with van der Waals surface area (Å²) in [4.78, 5) is 44.9. The Morgan fingerprint density at radius 1 is 0.500 bits per heavy atom. The van der Waals surface area contributed by atoms with Crippen LogP contribution < -0.4 is 5.32 Å². The monoisotopic (exact) mass is 601 g/mol. The van der Waals surface area contributed by atoms with Gasteiger partial charge in [-0.2, -0.15) is 0 Å². The normalized spacial score (nSPS) is 11.5. The summed E-state index contributed by atoms with van der Waals surface area (Å²) in [6.07, 6.45) is 0. The molecule has 0 rings (SSSR count). The molecule has 222 valence electrons. The van der Waals surface area contributed by atoms with E-state index in [1.54, 1.807) is 0 Å². The van der Waals surface area contributed by atoms with Crippen molar-refractivity contribution in [3.8, 4) is 0 Å². The molecule has 0 aliphatic rings. The van der Waals surface area contributed by atoms with Gasteiger partial charge in [-0.15, -0.1) is 0 Å². The molecule has 0 fully saturated rings. The first-order valence-corrected chi connectivity index (χ1v) is 15.3. The lowest BCUT2D eigenvalue weighted by atomic mass is 10.0. The SMILES string of the molecule is CC(=O)NC(COCCOCCSC(C)=O)(COCCOCCSC(C)=O)COCCOCCSC(C)=O. The van der Waals surface area contributed by atoms with Gasteiger partial charge in [0.15, 0.2) is 15.3 Å². The molecule has 0 radical (unpaired) electrons.